The van der Waals surface area contributed by atoms with E-state index in [1.54, 1.807) is 36.4 Å². The summed E-state index contributed by atoms with van der Waals surface area (Å²) in [5, 5.41) is 23.2. The first-order valence-corrected chi connectivity index (χ1v) is 16.3. The summed E-state index contributed by atoms with van der Waals surface area (Å²) in [6.45, 7) is 4.40. The number of aliphatic hydroxyl groups excluding tert-OH is 2. The topological polar surface area (TPSA) is 153 Å². The Morgan fingerprint density at radius 3 is 2.40 bits per heavy atom. The van der Waals surface area contributed by atoms with E-state index in [-0.39, 0.29) is 57.6 Å². The summed E-state index contributed by atoms with van der Waals surface area (Å²) in [5.74, 6) is -2.05. The van der Waals surface area contributed by atoms with E-state index < -0.39 is 30.1 Å². The summed E-state index contributed by atoms with van der Waals surface area (Å²) in [6, 6.07) is 6.95. The number of aliphatic hydroxyl groups is 2. The number of amides is 2. The number of carbonyl (C=O) groups is 3. The first-order chi connectivity index (χ1) is 21.9. The quantitative estimate of drug-likeness (QED) is 0.0958. The van der Waals surface area contributed by atoms with Crippen LogP contribution in [0.25, 0.3) is 6.08 Å². The molecule has 2 amide bonds. The highest BCUT2D eigenvalue weighted by Gasteiger charge is 2.52. The van der Waals surface area contributed by atoms with Crippen molar-refractivity contribution in [1.82, 2.24) is 10.6 Å². The van der Waals surface area contributed by atoms with Crippen LogP contribution in [-0.2, 0) is 28.5 Å². The molecule has 3 rings (SSSR count). The highest BCUT2D eigenvalue weighted by molar-refractivity contribution is 5.95. The first kappa shape index (κ1) is 36.2. The lowest BCUT2D eigenvalue weighted by Crippen LogP contribution is -2.44. The van der Waals surface area contributed by atoms with Gasteiger partial charge in [-0.05, 0) is 36.6 Å². The second kappa shape index (κ2) is 19.3. The third kappa shape index (κ3) is 11.2. The van der Waals surface area contributed by atoms with Crippen LogP contribution >= 0.6 is 0 Å². The van der Waals surface area contributed by atoms with E-state index in [4.69, 9.17) is 29.2 Å². The van der Waals surface area contributed by atoms with E-state index >= 15 is 0 Å². The van der Waals surface area contributed by atoms with Crippen LogP contribution in [-0.4, -0.2) is 85.0 Å². The molecule has 11 nitrogen and oxygen atoms in total. The number of fused-ring (bicyclic) bond motifs is 1. The Kier molecular flexibility index (Phi) is 15.5. The molecule has 1 aliphatic carbocycles. The van der Waals surface area contributed by atoms with Gasteiger partial charge in [0.1, 0.15) is 24.9 Å². The lowest BCUT2D eigenvalue weighted by atomic mass is 9.91. The summed E-state index contributed by atoms with van der Waals surface area (Å²) in [7, 11) is 0. The molecular formula is C34H50N2O9. The van der Waals surface area contributed by atoms with Gasteiger partial charge in [-0.25, -0.2) is 4.79 Å². The van der Waals surface area contributed by atoms with E-state index in [0.29, 0.717) is 29.5 Å². The molecule has 0 bridgehead atoms. The predicted octanol–water partition coefficient (Wildman–Crippen LogP) is 3.78. The van der Waals surface area contributed by atoms with Crippen molar-refractivity contribution in [2.24, 2.45) is 0 Å². The standard InChI is InChI=1S/C34H50N2O9/c1-3-5-9-15-34(16-10-6-4-2)44-29-24-26(32(40)36-17-13-30(39)35-18-19-37)23-28(31(29)45-34)43-33(41)27-12-8-7-11-25(27)14-21-42-22-20-38/h7-8,11-12,14,21,24,28-29,31,37-38H,3-6,9-10,13,15-20,22-23H2,1-2H3,(H,35,39)(H,36,40). The van der Waals surface area contributed by atoms with Gasteiger partial charge in [0.25, 0.3) is 0 Å². The van der Waals surface area contributed by atoms with Gasteiger partial charge >= 0.3 is 5.97 Å². The fourth-order valence-corrected chi connectivity index (χ4v) is 5.56. The minimum Gasteiger partial charge on any atom is -0.499 e. The van der Waals surface area contributed by atoms with Crippen molar-refractivity contribution in [2.75, 3.05) is 32.9 Å². The highest BCUT2D eigenvalue weighted by atomic mass is 16.8. The molecule has 0 aromatic heterocycles. The fraction of sp³-hybridized carbons (Fsp3) is 0.618. The number of carbonyl (C=O) groups excluding carboxylic acids is 3. The van der Waals surface area contributed by atoms with Crippen molar-refractivity contribution in [3.8, 4) is 0 Å². The molecular weight excluding hydrogens is 580 g/mol. The Morgan fingerprint density at radius 2 is 1.71 bits per heavy atom. The molecule has 1 saturated heterocycles. The fourth-order valence-electron chi connectivity index (χ4n) is 5.56. The number of hydrogen-bond acceptors (Lipinski definition) is 9. The SMILES string of the molecule is CCCCCC1(CCCCC)OC2C=C(C(=O)NCCC(=O)NCCO)CC(OC(=O)c3ccccc3C=COCCO)C2O1. The maximum atomic E-state index is 13.6. The zero-order chi connectivity index (χ0) is 32.5. The minimum atomic E-state index is -0.831. The second-order valence-electron chi connectivity index (χ2n) is 11.4. The van der Waals surface area contributed by atoms with Gasteiger partial charge in [-0.3, -0.25) is 9.59 Å². The summed E-state index contributed by atoms with van der Waals surface area (Å²) in [5.41, 5.74) is 1.30. The molecule has 3 unspecified atom stereocenters. The number of benzene rings is 1. The molecule has 250 valence electrons. The van der Waals surface area contributed by atoms with Gasteiger partial charge in [0.15, 0.2) is 5.79 Å². The molecule has 0 radical (unpaired) electrons. The molecule has 4 N–H and O–H groups in total. The zero-order valence-electron chi connectivity index (χ0n) is 26.6. The highest BCUT2D eigenvalue weighted by Crippen LogP contribution is 2.43. The average molecular weight is 631 g/mol. The van der Waals surface area contributed by atoms with E-state index in [2.05, 4.69) is 24.5 Å². The summed E-state index contributed by atoms with van der Waals surface area (Å²) < 4.78 is 24.6. The van der Waals surface area contributed by atoms with Crippen LogP contribution in [0.5, 0.6) is 0 Å². The maximum absolute atomic E-state index is 13.6. The molecule has 45 heavy (non-hydrogen) atoms. The normalized spacial score (nSPS) is 20.4. The summed E-state index contributed by atoms with van der Waals surface area (Å²) in [4.78, 5) is 38.8. The van der Waals surface area contributed by atoms with Crippen molar-refractivity contribution in [3.63, 3.8) is 0 Å². The van der Waals surface area contributed by atoms with Gasteiger partial charge < -0.3 is 39.8 Å². The lowest BCUT2D eigenvalue weighted by Gasteiger charge is -2.31. The zero-order valence-corrected chi connectivity index (χ0v) is 26.6. The van der Waals surface area contributed by atoms with Crippen LogP contribution in [0.4, 0.5) is 0 Å². The van der Waals surface area contributed by atoms with Gasteiger partial charge in [-0.15, -0.1) is 0 Å². The monoisotopic (exact) mass is 630 g/mol. The Balaban J connectivity index is 1.83. The molecule has 1 heterocycles. The van der Waals surface area contributed by atoms with Gasteiger partial charge in [-0.1, -0.05) is 57.7 Å². The van der Waals surface area contributed by atoms with Crippen LogP contribution in [0.1, 0.15) is 94.0 Å². The van der Waals surface area contributed by atoms with E-state index in [1.807, 2.05) is 0 Å². The molecule has 1 aliphatic heterocycles. The van der Waals surface area contributed by atoms with E-state index in [0.717, 1.165) is 38.5 Å². The molecule has 1 aromatic rings. The Labute approximate surface area is 266 Å². The van der Waals surface area contributed by atoms with Crippen molar-refractivity contribution in [3.05, 3.63) is 53.3 Å². The molecule has 1 aromatic carbocycles. The number of nitrogens with one attached hydrogen (secondary N) is 2. The smallest absolute Gasteiger partial charge is 0.339 e. The van der Waals surface area contributed by atoms with Crippen molar-refractivity contribution < 1.29 is 43.5 Å². The minimum absolute atomic E-state index is 0.0629. The molecule has 0 spiro atoms. The number of unbranched alkanes of at least 4 members (excludes halogenated alkanes) is 4. The van der Waals surface area contributed by atoms with Gasteiger partial charge in [-0.2, -0.15) is 0 Å². The van der Waals surface area contributed by atoms with Crippen molar-refractivity contribution in [1.29, 1.82) is 0 Å². The van der Waals surface area contributed by atoms with Gasteiger partial charge in [0.05, 0.1) is 25.0 Å². The Bertz CT molecular complexity index is 1140. The molecule has 2 aliphatic rings. The van der Waals surface area contributed by atoms with Crippen LogP contribution < -0.4 is 10.6 Å². The van der Waals surface area contributed by atoms with E-state index in [1.165, 1.54) is 6.26 Å². The molecule has 0 saturated carbocycles. The number of esters is 1. The van der Waals surface area contributed by atoms with Gasteiger partial charge in [0.2, 0.25) is 11.8 Å². The molecule has 3 atom stereocenters. The number of rotatable bonds is 20. The molecule has 1 fully saturated rings. The Hall–Kier alpha value is -3.25. The largest absolute Gasteiger partial charge is 0.499 e. The summed E-state index contributed by atoms with van der Waals surface area (Å²) >= 11 is 0. The first-order valence-electron chi connectivity index (χ1n) is 16.3. The predicted molar refractivity (Wildman–Crippen MR) is 169 cm³/mol. The third-order valence-corrected chi connectivity index (χ3v) is 7.86. The number of ether oxygens (including phenoxy) is 4. The van der Waals surface area contributed by atoms with E-state index in [9.17, 15) is 14.4 Å². The second-order valence-corrected chi connectivity index (χ2v) is 11.4. The molecule has 11 heteroatoms. The van der Waals surface area contributed by atoms with Crippen molar-refractivity contribution >= 4 is 23.9 Å². The Morgan fingerprint density at radius 1 is 0.978 bits per heavy atom. The lowest BCUT2D eigenvalue weighted by molar-refractivity contribution is -0.190. The van der Waals surface area contributed by atoms with Crippen molar-refractivity contribution in [2.45, 2.75) is 102 Å². The van der Waals surface area contributed by atoms with Crippen LogP contribution in [0.3, 0.4) is 0 Å². The van der Waals surface area contributed by atoms with Crippen LogP contribution in [0, 0.1) is 0 Å². The van der Waals surface area contributed by atoms with Gasteiger partial charge in [0, 0.05) is 44.3 Å². The van der Waals surface area contributed by atoms with Crippen LogP contribution in [0.2, 0.25) is 0 Å². The summed E-state index contributed by atoms with van der Waals surface area (Å²) in [6.07, 6.45) is 10.5. The number of hydrogen-bond donors (Lipinski definition) is 4. The van der Waals surface area contributed by atoms with Crippen LogP contribution in [0.15, 0.2) is 42.2 Å². The third-order valence-electron chi connectivity index (χ3n) is 7.86. The maximum Gasteiger partial charge on any atom is 0.339 e. The average Bonchev–Trinajstić information content (AvgIpc) is 3.41.